The second-order valence-electron chi connectivity index (χ2n) is 9.56. The van der Waals surface area contributed by atoms with Gasteiger partial charge >= 0.3 is 0 Å². The van der Waals surface area contributed by atoms with E-state index in [1.165, 1.54) is 23.2 Å². The number of aryl methyl sites for hydroxylation is 1. The molecule has 0 radical (unpaired) electrons. The van der Waals surface area contributed by atoms with Crippen LogP contribution in [0.4, 0.5) is 4.39 Å². The Morgan fingerprint density at radius 2 is 1.74 bits per heavy atom. The molecule has 34 heavy (non-hydrogen) atoms. The van der Waals surface area contributed by atoms with E-state index in [0.29, 0.717) is 12.5 Å². The Bertz CT molecular complexity index is 1140. The molecule has 2 aromatic rings. The van der Waals surface area contributed by atoms with E-state index in [0.717, 1.165) is 40.5 Å². The molecule has 184 valence electrons. The van der Waals surface area contributed by atoms with Crippen molar-refractivity contribution in [2.75, 3.05) is 7.05 Å². The van der Waals surface area contributed by atoms with Crippen LogP contribution in [-0.2, 0) is 11.3 Å². The number of halogens is 1. The van der Waals surface area contributed by atoms with Gasteiger partial charge in [-0.2, -0.15) is 0 Å². The van der Waals surface area contributed by atoms with Crippen molar-refractivity contribution >= 4 is 17.6 Å². The Hall–Kier alpha value is -3.10. The number of likely N-dealkylation sites (N-methyl/N-ethyl adjacent to an activating group) is 1. The van der Waals surface area contributed by atoms with Crippen LogP contribution in [0.1, 0.15) is 59.2 Å². The number of terminal acetylenes is 1. The summed E-state index contributed by atoms with van der Waals surface area (Å²) in [6.45, 7) is 14.6. The summed E-state index contributed by atoms with van der Waals surface area (Å²) in [6.07, 6.45) is 11.3. The second-order valence-corrected chi connectivity index (χ2v) is 9.56. The highest BCUT2D eigenvalue weighted by atomic mass is 19.1. The molecule has 3 rings (SSSR count). The number of benzene rings is 1. The van der Waals surface area contributed by atoms with Gasteiger partial charge in [0.15, 0.2) is 0 Å². The predicted octanol–water partition coefficient (Wildman–Crippen LogP) is 4.16. The van der Waals surface area contributed by atoms with E-state index in [-0.39, 0.29) is 5.82 Å². The SMILES string of the molecule is C#C.CC(=C\CC=O)/C1=c2/c(=C(\C)c3ccc(F)cc3)cc(C)n2C[C@@H](C)N1C.CC(C)(C)O. The zero-order valence-corrected chi connectivity index (χ0v) is 21.8. The number of carbonyl (C=O) groups is 1. The minimum Gasteiger partial charge on any atom is -0.391 e. The van der Waals surface area contributed by atoms with E-state index in [2.05, 4.69) is 63.1 Å². The summed E-state index contributed by atoms with van der Waals surface area (Å²) < 4.78 is 15.7. The molecule has 0 aliphatic carbocycles. The van der Waals surface area contributed by atoms with Crippen molar-refractivity contribution in [2.24, 2.45) is 0 Å². The Morgan fingerprint density at radius 1 is 1.21 bits per heavy atom. The minimum atomic E-state index is -0.500. The average Bonchev–Trinajstić information content (AvgIpc) is 3.09. The highest BCUT2D eigenvalue weighted by Gasteiger charge is 2.24. The molecule has 1 aromatic carbocycles. The second kappa shape index (κ2) is 12.4. The van der Waals surface area contributed by atoms with Crippen LogP contribution in [0.3, 0.4) is 0 Å². The zero-order chi connectivity index (χ0) is 26.2. The maximum absolute atomic E-state index is 13.4. The van der Waals surface area contributed by atoms with E-state index in [4.69, 9.17) is 5.11 Å². The highest BCUT2D eigenvalue weighted by molar-refractivity contribution is 5.68. The molecule has 1 aliphatic rings. The van der Waals surface area contributed by atoms with Gasteiger partial charge in [-0.15, -0.1) is 12.8 Å². The molecule has 0 spiro atoms. The number of aromatic nitrogens is 1. The van der Waals surface area contributed by atoms with Crippen LogP contribution in [0.2, 0.25) is 0 Å². The maximum Gasteiger partial charge on any atom is 0.123 e. The molecule has 0 amide bonds. The number of hydrogen-bond donors (Lipinski definition) is 1. The first-order valence-electron chi connectivity index (χ1n) is 11.4. The van der Waals surface area contributed by atoms with Gasteiger partial charge in [-0.05, 0) is 83.4 Å². The van der Waals surface area contributed by atoms with Gasteiger partial charge in [-0.25, -0.2) is 4.39 Å². The molecule has 0 bridgehead atoms. The number of hydrogen-bond acceptors (Lipinski definition) is 3. The molecule has 0 saturated heterocycles. The van der Waals surface area contributed by atoms with E-state index < -0.39 is 5.60 Å². The number of rotatable bonds is 4. The van der Waals surface area contributed by atoms with Crippen molar-refractivity contribution in [1.82, 2.24) is 9.47 Å². The molecule has 0 saturated carbocycles. The van der Waals surface area contributed by atoms with Gasteiger partial charge in [0.05, 0.1) is 16.6 Å². The fourth-order valence-electron chi connectivity index (χ4n) is 3.87. The maximum atomic E-state index is 13.4. The third-order valence-electron chi connectivity index (χ3n) is 5.56. The predicted molar refractivity (Wildman–Crippen MR) is 140 cm³/mol. The van der Waals surface area contributed by atoms with Crippen LogP contribution in [0.25, 0.3) is 11.3 Å². The van der Waals surface area contributed by atoms with Gasteiger partial charge in [0.1, 0.15) is 12.1 Å². The first-order valence-corrected chi connectivity index (χ1v) is 11.4. The lowest BCUT2D eigenvalue weighted by Gasteiger charge is -2.35. The molecule has 1 aromatic heterocycles. The summed E-state index contributed by atoms with van der Waals surface area (Å²) in [5.41, 5.74) is 5.10. The van der Waals surface area contributed by atoms with Crippen LogP contribution < -0.4 is 10.6 Å². The molecular formula is C29H39FN2O2. The van der Waals surface area contributed by atoms with E-state index in [1.54, 1.807) is 20.8 Å². The van der Waals surface area contributed by atoms with Crippen molar-refractivity contribution in [3.63, 3.8) is 0 Å². The lowest BCUT2D eigenvalue weighted by molar-refractivity contribution is -0.107. The largest absolute Gasteiger partial charge is 0.391 e. The Morgan fingerprint density at radius 3 is 2.24 bits per heavy atom. The van der Waals surface area contributed by atoms with E-state index in [9.17, 15) is 9.18 Å². The van der Waals surface area contributed by atoms with Gasteiger partial charge < -0.3 is 19.4 Å². The number of aldehydes is 1. The normalized spacial score (nSPS) is 16.5. The van der Waals surface area contributed by atoms with E-state index in [1.807, 2.05) is 18.2 Å². The highest BCUT2D eigenvalue weighted by Crippen LogP contribution is 2.21. The molecular weight excluding hydrogens is 427 g/mol. The third kappa shape index (κ3) is 7.46. The smallest absolute Gasteiger partial charge is 0.123 e. The van der Waals surface area contributed by atoms with Crippen LogP contribution >= 0.6 is 0 Å². The van der Waals surface area contributed by atoms with Gasteiger partial charge in [-0.3, -0.25) is 0 Å². The van der Waals surface area contributed by atoms with Crippen molar-refractivity contribution in [3.05, 3.63) is 69.6 Å². The number of aliphatic hydroxyl groups is 1. The third-order valence-corrected chi connectivity index (χ3v) is 5.56. The molecule has 0 unspecified atom stereocenters. The molecule has 5 heteroatoms. The van der Waals surface area contributed by atoms with E-state index >= 15 is 0 Å². The Kier molecular flexibility index (Phi) is 10.5. The van der Waals surface area contributed by atoms with Crippen LogP contribution in [0, 0.1) is 25.6 Å². The van der Waals surface area contributed by atoms with Crippen LogP contribution in [0.15, 0.2) is 42.0 Å². The fourth-order valence-corrected chi connectivity index (χ4v) is 3.87. The van der Waals surface area contributed by atoms with Gasteiger partial charge in [-0.1, -0.05) is 18.2 Å². The Labute approximate surface area is 204 Å². The quantitative estimate of drug-likeness (QED) is 0.544. The van der Waals surface area contributed by atoms with Gasteiger partial charge in [0.2, 0.25) is 0 Å². The van der Waals surface area contributed by atoms with Crippen molar-refractivity contribution < 1.29 is 14.3 Å². The number of nitrogens with zero attached hydrogens (tertiary/aromatic N) is 2. The summed E-state index contributed by atoms with van der Waals surface area (Å²) in [6, 6.07) is 9.23. The standard InChI is InChI=1S/C23H27FN2O.C4H10O.C2H2/c1-15(7-6-12-27)22-23-21(18(4)19-8-10-20(24)11-9-19)13-16(2)26(23)14-17(3)25(22)5;1-4(2,3)5;1-2/h7-13,17H,6,14H2,1-5H3;5H,1-3H3;1-2H/b15-7+,21-18+;;/t17-;;/m1../s1. The van der Waals surface area contributed by atoms with Crippen molar-refractivity contribution in [1.29, 1.82) is 0 Å². The lowest BCUT2D eigenvalue weighted by atomic mass is 10.0. The number of allylic oxidation sites excluding steroid dienone is 1. The fraction of sp³-hybridized carbons (Fsp3) is 0.414. The summed E-state index contributed by atoms with van der Waals surface area (Å²) in [7, 11) is 2.11. The summed E-state index contributed by atoms with van der Waals surface area (Å²) >= 11 is 0. The topological polar surface area (TPSA) is 45.5 Å². The van der Waals surface area contributed by atoms with Crippen molar-refractivity contribution in [3.8, 4) is 12.8 Å². The Balaban J connectivity index is 0.000000733. The summed E-state index contributed by atoms with van der Waals surface area (Å²) in [5.74, 6) is -0.227. The average molecular weight is 467 g/mol. The lowest BCUT2D eigenvalue weighted by Crippen LogP contribution is -2.48. The summed E-state index contributed by atoms with van der Waals surface area (Å²) in [5, 5.41) is 10.9. The number of fused-ring (bicyclic) bond motifs is 1. The molecule has 4 nitrogen and oxygen atoms in total. The van der Waals surface area contributed by atoms with Crippen molar-refractivity contribution in [2.45, 2.75) is 73.1 Å². The van der Waals surface area contributed by atoms with Gasteiger partial charge in [0.25, 0.3) is 0 Å². The van der Waals surface area contributed by atoms with Gasteiger partial charge in [0, 0.05) is 37.0 Å². The first-order chi connectivity index (χ1) is 15.8. The number of carbonyl (C=O) groups excluding carboxylic acids is 1. The molecule has 2 heterocycles. The van der Waals surface area contributed by atoms with Crippen LogP contribution in [0.5, 0.6) is 0 Å². The molecule has 1 N–H and O–H groups in total. The monoisotopic (exact) mass is 466 g/mol. The summed E-state index contributed by atoms with van der Waals surface area (Å²) in [4.78, 5) is 13.2. The zero-order valence-electron chi connectivity index (χ0n) is 21.8. The van der Waals surface area contributed by atoms with Crippen LogP contribution in [-0.4, -0.2) is 39.6 Å². The minimum absolute atomic E-state index is 0.227. The molecule has 0 fully saturated rings. The first kappa shape index (κ1) is 28.9. The molecule has 1 aliphatic heterocycles. The molecule has 1 atom stereocenters.